The van der Waals surface area contributed by atoms with Crippen molar-refractivity contribution < 1.29 is 14.3 Å². The number of aldehydes is 1. The lowest BCUT2D eigenvalue weighted by atomic mass is 10.7. The normalized spacial score (nSPS) is 9.73. The quantitative estimate of drug-likeness (QED) is 0.178. The number of carbonyl (C=O) groups excluding carboxylic acids is 2. The molecule has 0 aliphatic heterocycles. The summed E-state index contributed by atoms with van der Waals surface area (Å²) in [4.78, 5) is 19.9. The van der Waals surface area contributed by atoms with Gasteiger partial charge in [-0.2, -0.15) is 0 Å². The Hall–Kier alpha value is -0.590. The molecule has 5 nitrogen and oxygen atoms in total. The topological polar surface area (TPSA) is 95.4 Å². The van der Waals surface area contributed by atoms with E-state index in [9.17, 15) is 9.59 Å². The van der Waals surface area contributed by atoms with E-state index in [4.69, 9.17) is 11.5 Å². The maximum atomic E-state index is 10.2. The highest BCUT2D eigenvalue weighted by Gasteiger charge is 1.99. The van der Waals surface area contributed by atoms with E-state index in [1.54, 1.807) is 0 Å². The average Bonchev–Trinajstić information content (AvgIpc) is 1.97. The first-order chi connectivity index (χ1) is 5.16. The van der Waals surface area contributed by atoms with Gasteiger partial charge in [-0.3, -0.25) is 4.79 Å². The van der Waals surface area contributed by atoms with Gasteiger partial charge >= 0.3 is 5.97 Å². The van der Waals surface area contributed by atoms with Crippen molar-refractivity contribution in [3.8, 4) is 0 Å². The fourth-order valence-electron chi connectivity index (χ4n) is 0.360. The molecule has 0 radical (unpaired) electrons. The SMILES string of the molecule is NC(N)SCCOC(=O)C=O. The fraction of sp³-hybridized carbons (Fsp3) is 0.600. The summed E-state index contributed by atoms with van der Waals surface area (Å²) in [6, 6.07) is 0. The van der Waals surface area contributed by atoms with Crippen molar-refractivity contribution in [1.29, 1.82) is 0 Å². The summed E-state index contributed by atoms with van der Waals surface area (Å²) in [6.07, 6.45) is 0.118. The second-order valence-corrected chi connectivity index (χ2v) is 2.91. The predicted octanol–water partition coefficient (Wildman–Crippen LogP) is -1.34. The van der Waals surface area contributed by atoms with Crippen LogP contribution in [0.5, 0.6) is 0 Å². The summed E-state index contributed by atoms with van der Waals surface area (Å²) < 4.78 is 4.40. The van der Waals surface area contributed by atoms with Crippen molar-refractivity contribution in [2.45, 2.75) is 5.50 Å². The number of esters is 1. The lowest BCUT2D eigenvalue weighted by molar-refractivity contribution is -0.148. The molecule has 0 saturated carbocycles. The summed E-state index contributed by atoms with van der Waals surface area (Å²) in [5.74, 6) is -0.367. The van der Waals surface area contributed by atoms with Crippen molar-refractivity contribution in [2.24, 2.45) is 11.5 Å². The monoisotopic (exact) mass is 178 g/mol. The average molecular weight is 178 g/mol. The maximum absolute atomic E-state index is 10.2. The van der Waals surface area contributed by atoms with Crippen LogP contribution in [0.2, 0.25) is 0 Å². The Labute approximate surface area is 68.4 Å². The first-order valence-electron chi connectivity index (χ1n) is 2.91. The zero-order valence-electron chi connectivity index (χ0n) is 5.86. The van der Waals surface area contributed by atoms with Gasteiger partial charge in [-0.25, -0.2) is 4.79 Å². The van der Waals surface area contributed by atoms with E-state index in [2.05, 4.69) is 4.74 Å². The molecule has 0 saturated heterocycles. The van der Waals surface area contributed by atoms with Crippen LogP contribution in [-0.4, -0.2) is 30.1 Å². The third-order valence-electron chi connectivity index (χ3n) is 0.734. The largest absolute Gasteiger partial charge is 0.459 e. The Morgan fingerprint density at radius 3 is 2.73 bits per heavy atom. The number of hydrogen-bond donors (Lipinski definition) is 2. The zero-order valence-corrected chi connectivity index (χ0v) is 6.67. The minimum Gasteiger partial charge on any atom is -0.459 e. The second kappa shape index (κ2) is 6.14. The maximum Gasteiger partial charge on any atom is 0.371 e. The van der Waals surface area contributed by atoms with Crippen LogP contribution in [0.1, 0.15) is 0 Å². The summed E-state index contributed by atoms with van der Waals surface area (Å²) >= 11 is 1.25. The third kappa shape index (κ3) is 7.31. The first kappa shape index (κ1) is 10.4. The summed E-state index contributed by atoms with van der Waals surface area (Å²) in [7, 11) is 0. The molecule has 0 bridgehead atoms. The molecule has 0 aromatic carbocycles. The van der Waals surface area contributed by atoms with E-state index in [0.29, 0.717) is 5.75 Å². The Morgan fingerprint density at radius 1 is 1.64 bits per heavy atom. The van der Waals surface area contributed by atoms with E-state index in [-0.39, 0.29) is 12.9 Å². The molecule has 11 heavy (non-hydrogen) atoms. The third-order valence-corrected chi connectivity index (χ3v) is 1.52. The van der Waals surface area contributed by atoms with Gasteiger partial charge in [0.2, 0.25) is 6.29 Å². The highest BCUT2D eigenvalue weighted by molar-refractivity contribution is 7.99. The lowest BCUT2D eigenvalue weighted by Gasteiger charge is -2.03. The van der Waals surface area contributed by atoms with E-state index in [1.807, 2.05) is 0 Å². The molecule has 0 unspecified atom stereocenters. The standard InChI is InChI=1S/C5H10N2O3S/c6-5(7)11-2-1-10-4(9)3-8/h3,5H,1-2,6-7H2. The van der Waals surface area contributed by atoms with Crippen LogP contribution in [-0.2, 0) is 14.3 Å². The van der Waals surface area contributed by atoms with Gasteiger partial charge in [0.1, 0.15) is 12.1 Å². The Kier molecular flexibility index (Phi) is 5.81. The number of thioether (sulfide) groups is 1. The van der Waals surface area contributed by atoms with Gasteiger partial charge in [0.05, 0.1) is 0 Å². The molecule has 0 rings (SSSR count). The molecule has 0 spiro atoms. The molecule has 0 aromatic heterocycles. The van der Waals surface area contributed by atoms with Crippen molar-refractivity contribution >= 4 is 24.0 Å². The van der Waals surface area contributed by atoms with Gasteiger partial charge in [0.15, 0.2) is 0 Å². The van der Waals surface area contributed by atoms with Crippen LogP contribution in [0.25, 0.3) is 0 Å². The molecule has 6 heteroatoms. The fourth-order valence-corrected chi connectivity index (χ4v) is 0.812. The molecule has 0 amide bonds. The molecule has 64 valence electrons. The lowest BCUT2D eigenvalue weighted by Crippen LogP contribution is -2.27. The summed E-state index contributed by atoms with van der Waals surface area (Å²) in [5, 5.41) is 0. The minimum absolute atomic E-state index is 0.118. The van der Waals surface area contributed by atoms with Crippen molar-refractivity contribution in [2.75, 3.05) is 12.4 Å². The summed E-state index contributed by atoms with van der Waals surface area (Å²) in [6.45, 7) is 0.160. The van der Waals surface area contributed by atoms with Gasteiger partial charge < -0.3 is 16.2 Å². The van der Waals surface area contributed by atoms with Crippen molar-refractivity contribution in [1.82, 2.24) is 0 Å². The van der Waals surface area contributed by atoms with Crippen LogP contribution >= 0.6 is 11.8 Å². The molecule has 0 atom stereocenters. The van der Waals surface area contributed by atoms with Crippen LogP contribution in [0.4, 0.5) is 0 Å². The first-order valence-corrected chi connectivity index (χ1v) is 3.96. The Morgan fingerprint density at radius 2 is 2.27 bits per heavy atom. The van der Waals surface area contributed by atoms with Gasteiger partial charge in [-0.1, -0.05) is 0 Å². The summed E-state index contributed by atoms with van der Waals surface area (Å²) in [5.41, 5.74) is 9.88. The van der Waals surface area contributed by atoms with Gasteiger partial charge in [-0.15, -0.1) is 11.8 Å². The smallest absolute Gasteiger partial charge is 0.371 e. The molecule has 0 aliphatic carbocycles. The van der Waals surface area contributed by atoms with Gasteiger partial charge in [0, 0.05) is 5.75 Å². The van der Waals surface area contributed by atoms with E-state index in [0.717, 1.165) is 0 Å². The van der Waals surface area contributed by atoms with Crippen molar-refractivity contribution in [3.63, 3.8) is 0 Å². The Balaban J connectivity index is 3.14. The van der Waals surface area contributed by atoms with E-state index >= 15 is 0 Å². The highest BCUT2D eigenvalue weighted by Crippen LogP contribution is 1.98. The minimum atomic E-state index is -0.865. The van der Waals surface area contributed by atoms with Gasteiger partial charge in [-0.05, 0) is 0 Å². The predicted molar refractivity (Wildman–Crippen MR) is 41.6 cm³/mol. The highest BCUT2D eigenvalue weighted by atomic mass is 32.2. The van der Waals surface area contributed by atoms with Crippen LogP contribution in [0.3, 0.4) is 0 Å². The molecular weight excluding hydrogens is 168 g/mol. The van der Waals surface area contributed by atoms with Crippen molar-refractivity contribution in [3.05, 3.63) is 0 Å². The molecule has 0 aromatic rings. The second-order valence-electron chi connectivity index (χ2n) is 1.62. The van der Waals surface area contributed by atoms with Crippen LogP contribution < -0.4 is 11.5 Å². The van der Waals surface area contributed by atoms with Gasteiger partial charge in [0.25, 0.3) is 0 Å². The molecular formula is C5H10N2O3S. The van der Waals surface area contributed by atoms with E-state index in [1.165, 1.54) is 11.8 Å². The number of hydrogen-bond acceptors (Lipinski definition) is 6. The molecule has 4 N–H and O–H groups in total. The van der Waals surface area contributed by atoms with Crippen LogP contribution in [0, 0.1) is 0 Å². The van der Waals surface area contributed by atoms with Crippen LogP contribution in [0.15, 0.2) is 0 Å². The molecule has 0 fully saturated rings. The number of nitrogens with two attached hydrogens (primary N) is 2. The number of rotatable bonds is 5. The number of ether oxygens (including phenoxy) is 1. The molecule has 0 heterocycles. The van der Waals surface area contributed by atoms with E-state index < -0.39 is 11.5 Å². The Bertz CT molecular complexity index is 140. The number of carbonyl (C=O) groups is 2. The zero-order chi connectivity index (χ0) is 8.69. The molecule has 0 aliphatic rings.